The molecule has 0 radical (unpaired) electrons. The van der Waals surface area contributed by atoms with E-state index in [1.54, 1.807) is 24.5 Å². The van der Waals surface area contributed by atoms with Crippen molar-refractivity contribution in [1.82, 2.24) is 9.97 Å². The Bertz CT molecular complexity index is 434. The van der Waals surface area contributed by atoms with Crippen LogP contribution in [0.3, 0.4) is 0 Å². The number of hydrogen-bond donors (Lipinski definition) is 0. The molecule has 0 aliphatic carbocycles. The standard InChI is InChI=1S/C12H11FN2/c1-2-9-7-14-12(15-8-9)10-3-5-11(13)6-4-10/h3-8H,2H2,1H3. The minimum absolute atomic E-state index is 0.246. The van der Waals surface area contributed by atoms with Gasteiger partial charge in [0, 0.05) is 18.0 Å². The second-order valence-corrected chi connectivity index (χ2v) is 3.28. The number of aromatic nitrogens is 2. The summed E-state index contributed by atoms with van der Waals surface area (Å²) in [5, 5.41) is 0. The Hall–Kier alpha value is -1.77. The zero-order valence-corrected chi connectivity index (χ0v) is 8.44. The molecule has 0 saturated carbocycles. The van der Waals surface area contributed by atoms with Crippen molar-refractivity contribution in [2.24, 2.45) is 0 Å². The van der Waals surface area contributed by atoms with Gasteiger partial charge in [0.2, 0.25) is 0 Å². The number of halogens is 1. The van der Waals surface area contributed by atoms with Gasteiger partial charge in [-0.15, -0.1) is 0 Å². The molecule has 0 unspecified atom stereocenters. The van der Waals surface area contributed by atoms with Crippen molar-refractivity contribution in [3.63, 3.8) is 0 Å². The Kier molecular flexibility index (Phi) is 2.72. The summed E-state index contributed by atoms with van der Waals surface area (Å²) in [7, 11) is 0. The second kappa shape index (κ2) is 4.17. The summed E-state index contributed by atoms with van der Waals surface area (Å²) in [5.74, 6) is 0.385. The zero-order valence-electron chi connectivity index (χ0n) is 8.44. The fourth-order valence-corrected chi connectivity index (χ4v) is 1.29. The second-order valence-electron chi connectivity index (χ2n) is 3.28. The van der Waals surface area contributed by atoms with Crippen molar-refractivity contribution in [3.8, 4) is 11.4 Å². The van der Waals surface area contributed by atoms with Crippen LogP contribution in [0.15, 0.2) is 36.7 Å². The smallest absolute Gasteiger partial charge is 0.159 e. The van der Waals surface area contributed by atoms with Crippen LogP contribution >= 0.6 is 0 Å². The van der Waals surface area contributed by atoms with Gasteiger partial charge in [0.05, 0.1) is 0 Å². The summed E-state index contributed by atoms with van der Waals surface area (Å²) in [6, 6.07) is 6.17. The molecule has 0 amide bonds. The van der Waals surface area contributed by atoms with Crippen LogP contribution in [0.4, 0.5) is 4.39 Å². The maximum absolute atomic E-state index is 12.7. The number of aryl methyl sites for hydroxylation is 1. The topological polar surface area (TPSA) is 25.8 Å². The van der Waals surface area contributed by atoms with Gasteiger partial charge in [-0.1, -0.05) is 6.92 Å². The van der Waals surface area contributed by atoms with Crippen molar-refractivity contribution in [2.45, 2.75) is 13.3 Å². The molecule has 76 valence electrons. The van der Waals surface area contributed by atoms with Crippen LogP contribution < -0.4 is 0 Å². The molecule has 1 aromatic heterocycles. The lowest BCUT2D eigenvalue weighted by Gasteiger charge is -2.00. The summed E-state index contributed by atoms with van der Waals surface area (Å²) < 4.78 is 12.7. The third-order valence-corrected chi connectivity index (χ3v) is 2.22. The van der Waals surface area contributed by atoms with E-state index in [0.29, 0.717) is 5.82 Å². The van der Waals surface area contributed by atoms with E-state index in [1.165, 1.54) is 12.1 Å². The molecule has 0 saturated heterocycles. The molecule has 1 heterocycles. The molecule has 0 aliphatic rings. The van der Waals surface area contributed by atoms with Gasteiger partial charge >= 0.3 is 0 Å². The predicted octanol–water partition coefficient (Wildman–Crippen LogP) is 2.85. The summed E-state index contributed by atoms with van der Waals surface area (Å²) >= 11 is 0. The average molecular weight is 202 g/mol. The van der Waals surface area contributed by atoms with Crippen LogP contribution in [0.2, 0.25) is 0 Å². The minimum atomic E-state index is -0.246. The van der Waals surface area contributed by atoms with Gasteiger partial charge < -0.3 is 0 Å². The lowest BCUT2D eigenvalue weighted by Crippen LogP contribution is -1.91. The van der Waals surface area contributed by atoms with Crippen LogP contribution in [0.5, 0.6) is 0 Å². The molecular weight excluding hydrogens is 191 g/mol. The first-order valence-electron chi connectivity index (χ1n) is 4.86. The van der Waals surface area contributed by atoms with Gasteiger partial charge in [0.25, 0.3) is 0 Å². The monoisotopic (exact) mass is 202 g/mol. The molecular formula is C12H11FN2. The summed E-state index contributed by atoms with van der Waals surface area (Å²) in [6.07, 6.45) is 4.51. The summed E-state index contributed by atoms with van der Waals surface area (Å²) in [5.41, 5.74) is 1.93. The normalized spacial score (nSPS) is 10.3. The number of rotatable bonds is 2. The van der Waals surface area contributed by atoms with E-state index < -0.39 is 0 Å². The van der Waals surface area contributed by atoms with E-state index in [2.05, 4.69) is 16.9 Å². The van der Waals surface area contributed by atoms with Gasteiger partial charge in [-0.3, -0.25) is 0 Å². The van der Waals surface area contributed by atoms with Crippen molar-refractivity contribution in [2.75, 3.05) is 0 Å². The van der Waals surface area contributed by atoms with E-state index in [9.17, 15) is 4.39 Å². The first-order valence-corrected chi connectivity index (χ1v) is 4.86. The van der Waals surface area contributed by atoms with Crippen LogP contribution in [0.25, 0.3) is 11.4 Å². The highest BCUT2D eigenvalue weighted by molar-refractivity contribution is 5.54. The molecule has 2 nitrogen and oxygen atoms in total. The third kappa shape index (κ3) is 2.18. The Balaban J connectivity index is 2.33. The lowest BCUT2D eigenvalue weighted by molar-refractivity contribution is 0.628. The maximum atomic E-state index is 12.7. The van der Waals surface area contributed by atoms with E-state index in [4.69, 9.17) is 0 Å². The number of nitrogens with zero attached hydrogens (tertiary/aromatic N) is 2. The lowest BCUT2D eigenvalue weighted by atomic mass is 10.2. The zero-order chi connectivity index (χ0) is 10.7. The third-order valence-electron chi connectivity index (χ3n) is 2.22. The Labute approximate surface area is 87.8 Å². The van der Waals surface area contributed by atoms with Gasteiger partial charge in [0.1, 0.15) is 5.82 Å². The van der Waals surface area contributed by atoms with Gasteiger partial charge in [-0.2, -0.15) is 0 Å². The molecule has 0 atom stereocenters. The molecule has 0 N–H and O–H groups in total. The summed E-state index contributed by atoms with van der Waals surface area (Å²) in [6.45, 7) is 2.05. The first kappa shape index (κ1) is 9.77. The SMILES string of the molecule is CCc1cnc(-c2ccc(F)cc2)nc1. The van der Waals surface area contributed by atoms with Crippen LogP contribution in [0.1, 0.15) is 12.5 Å². The Morgan fingerprint density at radius 1 is 1.07 bits per heavy atom. The number of benzene rings is 1. The molecule has 2 rings (SSSR count). The van der Waals surface area contributed by atoms with E-state index in [1.807, 2.05) is 0 Å². The van der Waals surface area contributed by atoms with E-state index in [0.717, 1.165) is 17.5 Å². The van der Waals surface area contributed by atoms with E-state index >= 15 is 0 Å². The van der Waals surface area contributed by atoms with Crippen molar-refractivity contribution in [3.05, 3.63) is 48.0 Å². The molecule has 2 aromatic rings. The highest BCUT2D eigenvalue weighted by Gasteiger charge is 2.00. The maximum Gasteiger partial charge on any atom is 0.159 e. The van der Waals surface area contributed by atoms with E-state index in [-0.39, 0.29) is 5.82 Å². The predicted molar refractivity (Wildman–Crippen MR) is 56.8 cm³/mol. The molecule has 15 heavy (non-hydrogen) atoms. The molecule has 0 spiro atoms. The molecule has 0 aliphatic heterocycles. The van der Waals surface area contributed by atoms with Crippen molar-refractivity contribution < 1.29 is 4.39 Å². The average Bonchev–Trinajstić information content (AvgIpc) is 2.30. The quantitative estimate of drug-likeness (QED) is 0.748. The van der Waals surface area contributed by atoms with Crippen LogP contribution in [-0.2, 0) is 6.42 Å². The minimum Gasteiger partial charge on any atom is -0.236 e. The molecule has 0 bridgehead atoms. The fourth-order valence-electron chi connectivity index (χ4n) is 1.29. The van der Waals surface area contributed by atoms with Gasteiger partial charge in [-0.05, 0) is 36.2 Å². The molecule has 1 aromatic carbocycles. The fraction of sp³-hybridized carbons (Fsp3) is 0.167. The van der Waals surface area contributed by atoms with Gasteiger partial charge in [-0.25, -0.2) is 14.4 Å². The summed E-state index contributed by atoms with van der Waals surface area (Å²) in [4.78, 5) is 8.43. The Morgan fingerprint density at radius 2 is 1.67 bits per heavy atom. The van der Waals surface area contributed by atoms with Crippen molar-refractivity contribution in [1.29, 1.82) is 0 Å². The van der Waals surface area contributed by atoms with Gasteiger partial charge in [0.15, 0.2) is 5.82 Å². The Morgan fingerprint density at radius 3 is 2.20 bits per heavy atom. The molecule has 0 fully saturated rings. The first-order chi connectivity index (χ1) is 7.29. The van der Waals surface area contributed by atoms with Crippen molar-refractivity contribution >= 4 is 0 Å². The van der Waals surface area contributed by atoms with Crippen LogP contribution in [0, 0.1) is 5.82 Å². The highest BCUT2D eigenvalue weighted by Crippen LogP contribution is 2.14. The number of hydrogen-bond acceptors (Lipinski definition) is 2. The highest BCUT2D eigenvalue weighted by atomic mass is 19.1. The van der Waals surface area contributed by atoms with Crippen LogP contribution in [-0.4, -0.2) is 9.97 Å². The molecule has 3 heteroatoms. The largest absolute Gasteiger partial charge is 0.236 e.